The second-order valence-corrected chi connectivity index (χ2v) is 9.27. The molecule has 19 heavy (non-hydrogen) atoms. The van der Waals surface area contributed by atoms with E-state index in [1.807, 2.05) is 11.3 Å². The van der Waals surface area contributed by atoms with Gasteiger partial charge in [-0.3, -0.25) is 0 Å². The van der Waals surface area contributed by atoms with Crippen LogP contribution in [-0.2, 0) is 11.8 Å². The van der Waals surface area contributed by atoms with Crippen LogP contribution in [0.2, 0.25) is 0 Å². The first-order valence-corrected chi connectivity index (χ1v) is 8.77. The molecule has 0 saturated heterocycles. The highest BCUT2D eigenvalue weighted by Gasteiger charge is 2.61. The maximum absolute atomic E-state index is 5.00. The summed E-state index contributed by atoms with van der Waals surface area (Å²) in [5.74, 6) is 0.972. The van der Waals surface area contributed by atoms with Gasteiger partial charge in [-0.2, -0.15) is 0 Å². The number of aromatic nitrogens is 1. The van der Waals surface area contributed by atoms with Crippen LogP contribution in [0.3, 0.4) is 0 Å². The molecule has 0 N–H and O–H groups in total. The van der Waals surface area contributed by atoms with Gasteiger partial charge in [-0.15, -0.1) is 11.3 Å². The van der Waals surface area contributed by atoms with Gasteiger partial charge in [0.2, 0.25) is 0 Å². The summed E-state index contributed by atoms with van der Waals surface area (Å²) in [6.07, 6.45) is 9.75. The summed E-state index contributed by atoms with van der Waals surface area (Å²) in [6.45, 7) is 7.33. The van der Waals surface area contributed by atoms with Crippen LogP contribution in [0.5, 0.6) is 0 Å². The Bertz CT molecular complexity index is 499. The van der Waals surface area contributed by atoms with Gasteiger partial charge >= 0.3 is 0 Å². The van der Waals surface area contributed by atoms with Crippen LogP contribution in [0.4, 0.5) is 0 Å². The first-order chi connectivity index (χ1) is 8.94. The Morgan fingerprint density at radius 2 is 1.84 bits per heavy atom. The molecule has 1 aromatic heterocycles. The van der Waals surface area contributed by atoms with E-state index >= 15 is 0 Å². The molecule has 104 valence electrons. The number of hydrogen-bond donors (Lipinski definition) is 0. The summed E-state index contributed by atoms with van der Waals surface area (Å²) < 4.78 is 0. The summed E-state index contributed by atoms with van der Waals surface area (Å²) in [5, 5.41) is 3.78. The zero-order valence-electron chi connectivity index (χ0n) is 12.5. The minimum atomic E-state index is 0.445. The molecule has 4 aliphatic carbocycles. The molecule has 2 unspecified atom stereocenters. The molecule has 0 aromatic carbocycles. The van der Waals surface area contributed by atoms with Crippen molar-refractivity contribution in [3.8, 4) is 0 Å². The van der Waals surface area contributed by atoms with Gasteiger partial charge in [-0.25, -0.2) is 4.98 Å². The first kappa shape index (κ1) is 12.4. The maximum Gasteiger partial charge on any atom is 0.0990 e. The maximum atomic E-state index is 5.00. The van der Waals surface area contributed by atoms with Crippen LogP contribution in [-0.4, -0.2) is 4.98 Å². The Labute approximate surface area is 120 Å². The summed E-state index contributed by atoms with van der Waals surface area (Å²) >= 11 is 1.95. The van der Waals surface area contributed by atoms with Crippen LogP contribution in [0.1, 0.15) is 70.0 Å². The topological polar surface area (TPSA) is 12.9 Å². The molecule has 0 amide bonds. The van der Waals surface area contributed by atoms with E-state index in [-0.39, 0.29) is 0 Å². The van der Waals surface area contributed by atoms with Gasteiger partial charge in [0.1, 0.15) is 0 Å². The fourth-order valence-corrected chi connectivity index (χ4v) is 7.51. The molecule has 2 heteroatoms. The lowest BCUT2D eigenvalue weighted by Gasteiger charge is -2.64. The summed E-state index contributed by atoms with van der Waals surface area (Å²) in [4.78, 5) is 5.00. The van der Waals surface area contributed by atoms with Crippen LogP contribution in [0.25, 0.3) is 0 Å². The lowest BCUT2D eigenvalue weighted by molar-refractivity contribution is -0.110. The van der Waals surface area contributed by atoms with E-state index in [1.165, 1.54) is 49.2 Å². The van der Waals surface area contributed by atoms with Gasteiger partial charge in [0.25, 0.3) is 0 Å². The third-order valence-electron chi connectivity index (χ3n) is 5.99. The number of nitrogens with zero attached hydrogens (tertiary/aromatic N) is 1. The predicted molar refractivity (Wildman–Crippen MR) is 80.6 cm³/mol. The Hall–Kier alpha value is -0.370. The minimum Gasteiger partial charge on any atom is -0.246 e. The molecule has 1 heterocycles. The molecule has 0 spiro atoms. The zero-order chi connectivity index (χ0) is 13.3. The molecule has 1 nitrogen and oxygen atoms in total. The minimum absolute atomic E-state index is 0.445. The lowest BCUT2D eigenvalue weighted by Crippen LogP contribution is -2.56. The Kier molecular flexibility index (Phi) is 2.37. The van der Waals surface area contributed by atoms with E-state index in [4.69, 9.17) is 4.98 Å². The molecule has 0 radical (unpaired) electrons. The molecule has 4 bridgehead atoms. The van der Waals surface area contributed by atoms with Crippen molar-refractivity contribution in [3.63, 3.8) is 0 Å². The van der Waals surface area contributed by atoms with Gasteiger partial charge in [0, 0.05) is 10.8 Å². The fourth-order valence-electron chi connectivity index (χ4n) is 6.40. The number of aryl methyl sites for hydroxylation is 1. The van der Waals surface area contributed by atoms with Crippen LogP contribution < -0.4 is 0 Å². The van der Waals surface area contributed by atoms with Gasteiger partial charge in [0.05, 0.1) is 10.7 Å². The van der Waals surface area contributed by atoms with Crippen molar-refractivity contribution in [2.24, 2.45) is 16.7 Å². The summed E-state index contributed by atoms with van der Waals surface area (Å²) in [7, 11) is 0. The van der Waals surface area contributed by atoms with Crippen molar-refractivity contribution in [1.82, 2.24) is 4.98 Å². The molecule has 0 aliphatic heterocycles. The van der Waals surface area contributed by atoms with E-state index in [0.717, 1.165) is 12.3 Å². The van der Waals surface area contributed by atoms with Crippen molar-refractivity contribution in [3.05, 3.63) is 16.1 Å². The van der Waals surface area contributed by atoms with Crippen molar-refractivity contribution in [1.29, 1.82) is 0 Å². The zero-order valence-corrected chi connectivity index (χ0v) is 13.3. The summed E-state index contributed by atoms with van der Waals surface area (Å²) in [6, 6.07) is 0. The average molecular weight is 275 g/mol. The van der Waals surface area contributed by atoms with E-state index in [1.54, 1.807) is 0 Å². The van der Waals surface area contributed by atoms with Gasteiger partial charge in [-0.05, 0) is 61.7 Å². The average Bonchev–Trinajstić information content (AvgIpc) is 2.72. The number of hydrogen-bond acceptors (Lipinski definition) is 2. The molecule has 1 aromatic rings. The standard InChI is InChI=1S/C17H25NS/c1-4-13-8-19-14(18-13)17-7-12-5-15(2,10-17)9-16(3,6-12)11-17/h8,12H,4-7,9-11H2,1-3H3. The highest BCUT2D eigenvalue weighted by atomic mass is 32.1. The Balaban J connectivity index is 1.78. The monoisotopic (exact) mass is 275 g/mol. The highest BCUT2D eigenvalue weighted by Crippen LogP contribution is 2.69. The molecule has 4 aliphatic rings. The van der Waals surface area contributed by atoms with E-state index in [0.29, 0.717) is 16.2 Å². The van der Waals surface area contributed by atoms with Crippen molar-refractivity contribution in [2.45, 2.75) is 71.1 Å². The fraction of sp³-hybridized carbons (Fsp3) is 0.824. The Morgan fingerprint density at radius 1 is 1.16 bits per heavy atom. The van der Waals surface area contributed by atoms with Crippen LogP contribution in [0, 0.1) is 16.7 Å². The SMILES string of the molecule is CCc1csc(C23CC4CC(C)(CC(C)(C4)C2)C3)n1. The first-order valence-electron chi connectivity index (χ1n) is 7.89. The van der Waals surface area contributed by atoms with Crippen molar-refractivity contribution < 1.29 is 0 Å². The third-order valence-corrected chi connectivity index (χ3v) is 7.13. The smallest absolute Gasteiger partial charge is 0.0990 e. The third kappa shape index (κ3) is 1.75. The van der Waals surface area contributed by atoms with E-state index in [9.17, 15) is 0 Å². The van der Waals surface area contributed by atoms with Crippen molar-refractivity contribution >= 4 is 11.3 Å². The second-order valence-electron chi connectivity index (χ2n) is 8.41. The van der Waals surface area contributed by atoms with Crippen LogP contribution >= 0.6 is 11.3 Å². The highest BCUT2D eigenvalue weighted by molar-refractivity contribution is 7.09. The normalized spacial score (nSPS) is 47.8. The number of thiazole rings is 1. The van der Waals surface area contributed by atoms with E-state index < -0.39 is 0 Å². The van der Waals surface area contributed by atoms with Crippen LogP contribution in [0.15, 0.2) is 5.38 Å². The molecule has 5 rings (SSSR count). The van der Waals surface area contributed by atoms with Crippen molar-refractivity contribution in [2.75, 3.05) is 0 Å². The number of rotatable bonds is 2. The second kappa shape index (κ2) is 3.63. The van der Waals surface area contributed by atoms with Gasteiger partial charge in [-0.1, -0.05) is 20.8 Å². The molecular formula is C17H25NS. The largest absolute Gasteiger partial charge is 0.246 e. The molecule has 2 atom stereocenters. The summed E-state index contributed by atoms with van der Waals surface area (Å²) in [5.41, 5.74) is 2.96. The van der Waals surface area contributed by atoms with Gasteiger partial charge in [0.15, 0.2) is 0 Å². The quantitative estimate of drug-likeness (QED) is 0.744. The Morgan fingerprint density at radius 3 is 2.37 bits per heavy atom. The lowest BCUT2D eigenvalue weighted by atomic mass is 9.40. The van der Waals surface area contributed by atoms with E-state index in [2.05, 4.69) is 26.2 Å². The molecular weight excluding hydrogens is 250 g/mol. The predicted octanol–water partition coefficient (Wildman–Crippen LogP) is 4.95. The molecule has 4 saturated carbocycles. The van der Waals surface area contributed by atoms with Gasteiger partial charge < -0.3 is 0 Å². The molecule has 4 fully saturated rings.